The van der Waals surface area contributed by atoms with Crippen LogP contribution in [-0.2, 0) is 32.2 Å². The average Bonchev–Trinajstić information content (AvgIpc) is 3.29. The van der Waals surface area contributed by atoms with E-state index in [4.69, 9.17) is 15.2 Å². The van der Waals surface area contributed by atoms with Gasteiger partial charge < -0.3 is 35.8 Å². The number of nitro benzene ring substituents is 1. The summed E-state index contributed by atoms with van der Waals surface area (Å²) in [6, 6.07) is 38.2. The molecule has 5 aromatic rings. The number of aliphatic hydroxyl groups is 1. The minimum Gasteiger partial charge on any atom is -0.397 e. The second kappa shape index (κ2) is 20.9. The van der Waals surface area contributed by atoms with E-state index in [-0.39, 0.29) is 41.2 Å². The number of hydrogen-bond donors (Lipinski definition) is 4. The summed E-state index contributed by atoms with van der Waals surface area (Å²) in [7, 11) is 0. The largest absolute Gasteiger partial charge is 0.397 e. The Balaban J connectivity index is 0.934. The number of nitrogens with zero attached hydrogens (tertiary/aromatic N) is 3. The fraction of sp³-hybridized carbons (Fsp3) is 0.333. The molecule has 3 atom stereocenters. The SMILES string of the molecule is Nc1ccccc1NC(=O)CCCCCC(=O)NCc1cccc(-c2cccc([C@@H]3O[C@H](CN4CCN(c5ccc([N+](=O)[O-])cc5)CC4)C[C@H](c4ccc(CO)cc4)O3)c2)c1. The number of anilines is 3. The summed E-state index contributed by atoms with van der Waals surface area (Å²) < 4.78 is 13.4. The van der Waals surface area contributed by atoms with Crippen LogP contribution in [0.4, 0.5) is 22.7 Å². The van der Waals surface area contributed by atoms with E-state index in [2.05, 4.69) is 44.7 Å². The number of nitrogens with two attached hydrogens (primary N) is 1. The van der Waals surface area contributed by atoms with Crippen molar-refractivity contribution in [3.8, 4) is 11.1 Å². The molecule has 0 bridgehead atoms. The van der Waals surface area contributed by atoms with Crippen LogP contribution in [0.15, 0.2) is 121 Å². The molecule has 2 amide bonds. The molecule has 0 saturated carbocycles. The first-order chi connectivity index (χ1) is 29.7. The average molecular weight is 827 g/mol. The quantitative estimate of drug-likeness (QED) is 0.0313. The molecule has 0 spiro atoms. The number of nitro groups is 1. The Morgan fingerprint density at radius 2 is 1.46 bits per heavy atom. The molecule has 0 unspecified atom stereocenters. The highest BCUT2D eigenvalue weighted by atomic mass is 16.7. The molecule has 61 heavy (non-hydrogen) atoms. The third-order valence-corrected chi connectivity index (χ3v) is 11.3. The zero-order valence-corrected chi connectivity index (χ0v) is 34.3. The lowest BCUT2D eigenvalue weighted by Gasteiger charge is -2.41. The summed E-state index contributed by atoms with van der Waals surface area (Å²) in [5, 5.41) is 26.7. The van der Waals surface area contributed by atoms with Crippen molar-refractivity contribution in [3.63, 3.8) is 0 Å². The van der Waals surface area contributed by atoms with Crippen molar-refractivity contribution < 1.29 is 29.1 Å². The van der Waals surface area contributed by atoms with Crippen molar-refractivity contribution in [1.82, 2.24) is 10.2 Å². The summed E-state index contributed by atoms with van der Waals surface area (Å²) in [6.45, 7) is 4.37. The van der Waals surface area contributed by atoms with Crippen LogP contribution in [0, 0.1) is 10.1 Å². The molecular formula is C48H54N6O7. The number of carbonyl (C=O) groups excluding carboxylic acids is 2. The molecule has 7 rings (SSSR count). The molecule has 13 nitrogen and oxygen atoms in total. The van der Waals surface area contributed by atoms with E-state index in [1.54, 1.807) is 24.3 Å². The summed E-state index contributed by atoms with van der Waals surface area (Å²) in [5.41, 5.74) is 13.9. The molecule has 0 aromatic heterocycles. The van der Waals surface area contributed by atoms with Crippen LogP contribution in [0.3, 0.4) is 0 Å². The number of benzene rings is 5. The van der Waals surface area contributed by atoms with Crippen molar-refractivity contribution in [3.05, 3.63) is 154 Å². The Bertz CT molecular complexity index is 2240. The van der Waals surface area contributed by atoms with Gasteiger partial charge in [0, 0.05) is 81.9 Å². The van der Waals surface area contributed by atoms with Gasteiger partial charge in [-0.1, -0.05) is 79.2 Å². The van der Waals surface area contributed by atoms with E-state index in [9.17, 15) is 24.8 Å². The minimum atomic E-state index is -0.609. The topological polar surface area (TPSA) is 173 Å². The molecule has 2 fully saturated rings. The lowest BCUT2D eigenvalue weighted by atomic mass is 9.98. The summed E-state index contributed by atoms with van der Waals surface area (Å²) in [6.07, 6.45) is 2.66. The summed E-state index contributed by atoms with van der Waals surface area (Å²) >= 11 is 0. The predicted molar refractivity (Wildman–Crippen MR) is 236 cm³/mol. The number of unbranched alkanes of at least 4 members (excludes halogenated alkanes) is 2. The maximum atomic E-state index is 12.7. The Labute approximate surface area is 356 Å². The van der Waals surface area contributed by atoms with Gasteiger partial charge in [-0.15, -0.1) is 0 Å². The number of piperazine rings is 1. The van der Waals surface area contributed by atoms with Gasteiger partial charge in [-0.3, -0.25) is 24.6 Å². The highest BCUT2D eigenvalue weighted by Gasteiger charge is 2.34. The van der Waals surface area contributed by atoms with Crippen LogP contribution >= 0.6 is 0 Å². The molecule has 2 aliphatic rings. The number of nitrogen functional groups attached to an aromatic ring is 1. The van der Waals surface area contributed by atoms with Crippen LogP contribution in [-0.4, -0.2) is 65.6 Å². The maximum Gasteiger partial charge on any atom is 0.269 e. The zero-order valence-electron chi connectivity index (χ0n) is 34.3. The van der Waals surface area contributed by atoms with Crippen LogP contribution in [0.25, 0.3) is 11.1 Å². The van der Waals surface area contributed by atoms with Gasteiger partial charge in [0.25, 0.3) is 5.69 Å². The zero-order chi connectivity index (χ0) is 42.6. The lowest BCUT2D eigenvalue weighted by Crippen LogP contribution is -2.49. The number of ether oxygens (including phenoxy) is 2. The standard InChI is InChI=1S/C48H54N6O7/c49-43-12-4-5-13-44(43)51-47(57)15-3-1-2-14-46(56)50-31-35-8-6-9-37(28-35)38-10-7-11-39(29-38)48-60-42(30-45(61-48)36-18-16-34(33-55)17-19-36)32-52-24-26-53(27-25-52)40-20-22-41(23-21-40)54(58)59/h4-13,16-23,28-29,42,45,48,55H,1-3,14-15,24-27,30-33,49H2,(H,50,56)(H,51,57)/t42-,45+,48+/m0/s1. The van der Waals surface area contributed by atoms with E-state index >= 15 is 0 Å². The van der Waals surface area contributed by atoms with Gasteiger partial charge in [-0.2, -0.15) is 0 Å². The first-order valence-electron chi connectivity index (χ1n) is 21.0. The molecule has 0 radical (unpaired) electrons. The highest BCUT2D eigenvalue weighted by molar-refractivity contribution is 5.93. The number of hydrogen-bond acceptors (Lipinski definition) is 10. The molecule has 5 N–H and O–H groups in total. The van der Waals surface area contributed by atoms with Crippen LogP contribution in [0.2, 0.25) is 0 Å². The van der Waals surface area contributed by atoms with Crippen LogP contribution < -0.4 is 21.3 Å². The molecule has 2 heterocycles. The molecular weight excluding hydrogens is 773 g/mol. The fourth-order valence-electron chi connectivity index (χ4n) is 7.88. The lowest BCUT2D eigenvalue weighted by molar-refractivity contribution is -0.384. The second-order valence-corrected chi connectivity index (χ2v) is 15.7. The number of nitrogens with one attached hydrogen (secondary N) is 2. The number of rotatable bonds is 17. The van der Waals surface area contributed by atoms with E-state index < -0.39 is 6.29 Å². The van der Waals surface area contributed by atoms with Gasteiger partial charge in [-0.05, 0) is 77.1 Å². The first kappa shape index (κ1) is 43.0. The van der Waals surface area contributed by atoms with E-state index in [1.165, 1.54) is 0 Å². The van der Waals surface area contributed by atoms with Gasteiger partial charge in [0.15, 0.2) is 6.29 Å². The van der Waals surface area contributed by atoms with Crippen molar-refractivity contribution in [1.29, 1.82) is 0 Å². The first-order valence-corrected chi connectivity index (χ1v) is 21.0. The molecule has 0 aliphatic carbocycles. The normalized spacial score (nSPS) is 18.0. The van der Waals surface area contributed by atoms with Gasteiger partial charge in [0.1, 0.15) is 0 Å². The Morgan fingerprint density at radius 3 is 2.18 bits per heavy atom. The second-order valence-electron chi connectivity index (χ2n) is 15.7. The van der Waals surface area contributed by atoms with Crippen molar-refractivity contribution in [2.45, 2.75) is 70.2 Å². The molecule has 5 aromatic carbocycles. The molecule has 318 valence electrons. The minimum absolute atomic E-state index is 0.0259. The van der Waals surface area contributed by atoms with E-state index in [1.807, 2.05) is 72.8 Å². The number of carbonyl (C=O) groups is 2. The third kappa shape index (κ3) is 12.0. The van der Waals surface area contributed by atoms with Gasteiger partial charge >= 0.3 is 0 Å². The monoisotopic (exact) mass is 826 g/mol. The summed E-state index contributed by atoms with van der Waals surface area (Å²) in [4.78, 5) is 40.4. The Hall–Kier alpha value is -6.12. The van der Waals surface area contributed by atoms with Gasteiger partial charge in [0.05, 0.1) is 35.1 Å². The van der Waals surface area contributed by atoms with E-state index in [0.29, 0.717) is 50.0 Å². The van der Waals surface area contributed by atoms with Crippen LogP contribution in [0.5, 0.6) is 0 Å². The Morgan fingerprint density at radius 1 is 0.754 bits per heavy atom. The highest BCUT2D eigenvalue weighted by Crippen LogP contribution is 2.39. The van der Waals surface area contributed by atoms with E-state index in [0.717, 1.165) is 78.2 Å². The number of para-hydroxylation sites is 2. The van der Waals surface area contributed by atoms with Gasteiger partial charge in [0.2, 0.25) is 11.8 Å². The fourth-order valence-corrected chi connectivity index (χ4v) is 7.88. The Kier molecular flexibility index (Phi) is 14.7. The molecule has 2 saturated heterocycles. The smallest absolute Gasteiger partial charge is 0.269 e. The number of non-ortho nitro benzene ring substituents is 1. The van der Waals surface area contributed by atoms with Crippen LogP contribution in [0.1, 0.15) is 73.2 Å². The van der Waals surface area contributed by atoms with Crippen molar-refractivity contribution >= 4 is 34.6 Å². The maximum absolute atomic E-state index is 12.7. The number of amides is 2. The predicted octanol–water partition coefficient (Wildman–Crippen LogP) is 7.91. The number of aliphatic hydroxyl groups excluding tert-OH is 1. The molecule has 13 heteroatoms. The van der Waals surface area contributed by atoms with Crippen molar-refractivity contribution in [2.75, 3.05) is 48.7 Å². The molecule has 2 aliphatic heterocycles. The van der Waals surface area contributed by atoms with Gasteiger partial charge in [-0.25, -0.2) is 0 Å². The third-order valence-electron chi connectivity index (χ3n) is 11.3. The summed E-state index contributed by atoms with van der Waals surface area (Å²) in [5.74, 6) is -0.113. The van der Waals surface area contributed by atoms with Crippen molar-refractivity contribution in [2.24, 2.45) is 0 Å².